The molecule has 1 N–H and O–H groups in total. The maximum atomic E-state index is 13.7. The van der Waals surface area contributed by atoms with Gasteiger partial charge in [0.05, 0.1) is 0 Å². The Balaban J connectivity index is 1.69. The topological polar surface area (TPSA) is 32.3 Å². The van der Waals surface area contributed by atoms with Crippen LogP contribution < -0.4 is 5.32 Å². The van der Waals surface area contributed by atoms with Crippen molar-refractivity contribution in [3.05, 3.63) is 35.4 Å². The van der Waals surface area contributed by atoms with Gasteiger partial charge in [0.2, 0.25) is 5.91 Å². The van der Waals surface area contributed by atoms with Crippen molar-refractivity contribution in [2.24, 2.45) is 5.92 Å². The fourth-order valence-corrected chi connectivity index (χ4v) is 2.98. The van der Waals surface area contributed by atoms with E-state index in [1.54, 1.807) is 0 Å². The summed E-state index contributed by atoms with van der Waals surface area (Å²) in [6.07, 6.45) is 0.623. The van der Waals surface area contributed by atoms with E-state index < -0.39 is 11.6 Å². The van der Waals surface area contributed by atoms with E-state index in [2.05, 4.69) is 5.32 Å². The monoisotopic (exact) mass is 280 g/mol. The summed E-state index contributed by atoms with van der Waals surface area (Å²) in [6.45, 7) is 4.21. The fraction of sp³-hybridized carbons (Fsp3) is 0.533. The van der Waals surface area contributed by atoms with Gasteiger partial charge >= 0.3 is 0 Å². The predicted molar refractivity (Wildman–Crippen MR) is 71.3 cm³/mol. The van der Waals surface area contributed by atoms with Gasteiger partial charge in [-0.25, -0.2) is 8.78 Å². The molecule has 0 bridgehead atoms. The van der Waals surface area contributed by atoms with Crippen LogP contribution in [0.15, 0.2) is 18.2 Å². The Morgan fingerprint density at radius 2 is 2.20 bits per heavy atom. The summed E-state index contributed by atoms with van der Waals surface area (Å²) >= 11 is 0. The second-order valence-corrected chi connectivity index (χ2v) is 5.75. The highest BCUT2D eigenvalue weighted by Gasteiger charge is 2.47. The Kier molecular flexibility index (Phi) is 3.46. The molecule has 1 aromatic carbocycles. The first-order valence-corrected chi connectivity index (χ1v) is 7.03. The van der Waals surface area contributed by atoms with Crippen LogP contribution in [0.1, 0.15) is 24.8 Å². The second kappa shape index (κ2) is 5.13. The van der Waals surface area contributed by atoms with Gasteiger partial charge in [0.15, 0.2) is 0 Å². The molecular weight excluding hydrogens is 262 g/mol. The highest BCUT2D eigenvalue weighted by Crippen LogP contribution is 2.49. The first kappa shape index (κ1) is 13.5. The Hall–Kier alpha value is -1.49. The van der Waals surface area contributed by atoms with Crippen molar-refractivity contribution < 1.29 is 13.6 Å². The summed E-state index contributed by atoms with van der Waals surface area (Å²) < 4.78 is 26.9. The number of benzene rings is 1. The zero-order chi connectivity index (χ0) is 14.3. The molecule has 108 valence electrons. The molecular formula is C15H18F2N2O. The van der Waals surface area contributed by atoms with Gasteiger partial charge in [-0.2, -0.15) is 0 Å². The van der Waals surface area contributed by atoms with Gasteiger partial charge in [-0.15, -0.1) is 0 Å². The molecule has 1 saturated carbocycles. The Morgan fingerprint density at radius 1 is 1.40 bits per heavy atom. The van der Waals surface area contributed by atoms with Gasteiger partial charge in [0.25, 0.3) is 0 Å². The number of nitrogens with zero attached hydrogens (tertiary/aromatic N) is 1. The molecule has 3 rings (SSSR count). The third kappa shape index (κ3) is 2.54. The minimum atomic E-state index is -0.449. The van der Waals surface area contributed by atoms with E-state index in [1.807, 2.05) is 11.8 Å². The summed E-state index contributed by atoms with van der Waals surface area (Å²) in [5.74, 6) is -1.14. The number of carbonyl (C=O) groups excluding carboxylic acids is 1. The molecule has 2 aliphatic rings. The Morgan fingerprint density at radius 3 is 2.95 bits per heavy atom. The molecule has 1 aliphatic heterocycles. The summed E-state index contributed by atoms with van der Waals surface area (Å²) in [4.78, 5) is 14.2. The highest BCUT2D eigenvalue weighted by molar-refractivity contribution is 5.83. The summed E-state index contributed by atoms with van der Waals surface area (Å²) in [6, 6.07) is 3.75. The standard InChI is InChI=1S/C15H18F2N2O/c1-9-8-19(5-4-18-9)15(20)13-7-11(13)12-6-10(16)2-3-14(12)17/h2-3,6,9,11,13,18H,4-5,7-8H2,1H3/t9-,11+,13+/m1/s1. The fourth-order valence-electron chi connectivity index (χ4n) is 2.98. The van der Waals surface area contributed by atoms with Crippen LogP contribution in [-0.2, 0) is 4.79 Å². The third-order valence-electron chi connectivity index (χ3n) is 4.15. The maximum Gasteiger partial charge on any atom is 0.226 e. The van der Waals surface area contributed by atoms with E-state index in [-0.39, 0.29) is 23.8 Å². The second-order valence-electron chi connectivity index (χ2n) is 5.75. The average Bonchev–Trinajstić information content (AvgIpc) is 3.21. The lowest BCUT2D eigenvalue weighted by atomic mass is 10.1. The first-order valence-electron chi connectivity index (χ1n) is 7.03. The number of piperazine rings is 1. The van der Waals surface area contributed by atoms with E-state index in [9.17, 15) is 13.6 Å². The third-order valence-corrected chi connectivity index (χ3v) is 4.15. The minimum Gasteiger partial charge on any atom is -0.340 e. The molecule has 1 amide bonds. The van der Waals surface area contributed by atoms with Crippen LogP contribution in [0, 0.1) is 17.6 Å². The molecule has 1 aliphatic carbocycles. The molecule has 0 spiro atoms. The van der Waals surface area contributed by atoms with Crippen LogP contribution in [0.3, 0.4) is 0 Å². The lowest BCUT2D eigenvalue weighted by Gasteiger charge is -2.32. The molecule has 0 radical (unpaired) electrons. The highest BCUT2D eigenvalue weighted by atomic mass is 19.1. The zero-order valence-corrected chi connectivity index (χ0v) is 11.4. The van der Waals surface area contributed by atoms with Gasteiger partial charge in [0.1, 0.15) is 11.6 Å². The van der Waals surface area contributed by atoms with Gasteiger partial charge < -0.3 is 10.2 Å². The van der Waals surface area contributed by atoms with Crippen molar-refractivity contribution in [3.8, 4) is 0 Å². The average molecular weight is 280 g/mol. The van der Waals surface area contributed by atoms with Crippen LogP contribution in [0.5, 0.6) is 0 Å². The van der Waals surface area contributed by atoms with Crippen LogP contribution in [-0.4, -0.2) is 36.5 Å². The van der Waals surface area contributed by atoms with Crippen molar-refractivity contribution in [1.82, 2.24) is 10.2 Å². The van der Waals surface area contributed by atoms with Gasteiger partial charge in [-0.05, 0) is 43.0 Å². The van der Waals surface area contributed by atoms with E-state index in [0.717, 1.165) is 18.7 Å². The van der Waals surface area contributed by atoms with Gasteiger partial charge in [-0.1, -0.05) is 0 Å². The van der Waals surface area contributed by atoms with Crippen molar-refractivity contribution >= 4 is 5.91 Å². The van der Waals surface area contributed by atoms with Crippen LogP contribution >= 0.6 is 0 Å². The van der Waals surface area contributed by atoms with Crippen molar-refractivity contribution in [3.63, 3.8) is 0 Å². The summed E-state index contributed by atoms with van der Waals surface area (Å²) in [5.41, 5.74) is 0.339. The molecule has 1 heterocycles. The molecule has 0 unspecified atom stereocenters. The largest absolute Gasteiger partial charge is 0.340 e. The maximum absolute atomic E-state index is 13.7. The number of carbonyl (C=O) groups is 1. The van der Waals surface area contributed by atoms with Crippen molar-refractivity contribution in [2.75, 3.05) is 19.6 Å². The van der Waals surface area contributed by atoms with Crippen molar-refractivity contribution in [1.29, 1.82) is 0 Å². The quantitative estimate of drug-likeness (QED) is 0.897. The molecule has 5 heteroatoms. The van der Waals surface area contributed by atoms with E-state index in [0.29, 0.717) is 25.1 Å². The summed E-state index contributed by atoms with van der Waals surface area (Å²) in [5, 5.41) is 3.28. The Bertz CT molecular complexity index is 535. The minimum absolute atomic E-state index is 0.0759. The first-order chi connectivity index (χ1) is 9.56. The van der Waals surface area contributed by atoms with Gasteiger partial charge in [0, 0.05) is 31.6 Å². The lowest BCUT2D eigenvalue weighted by Crippen LogP contribution is -2.51. The van der Waals surface area contributed by atoms with E-state index in [4.69, 9.17) is 0 Å². The Labute approximate surface area is 117 Å². The molecule has 2 fully saturated rings. The number of halogens is 2. The normalized spacial score (nSPS) is 29.4. The SMILES string of the molecule is C[C@@H]1CN(C(=O)[C@H]2C[C@H]2c2cc(F)ccc2F)CCN1. The molecule has 20 heavy (non-hydrogen) atoms. The van der Waals surface area contributed by atoms with Crippen LogP contribution in [0.25, 0.3) is 0 Å². The molecule has 0 aromatic heterocycles. The number of nitrogens with one attached hydrogen (secondary N) is 1. The summed E-state index contributed by atoms with van der Waals surface area (Å²) in [7, 11) is 0. The molecule has 1 saturated heterocycles. The molecule has 3 nitrogen and oxygen atoms in total. The van der Waals surface area contributed by atoms with Crippen molar-refractivity contribution in [2.45, 2.75) is 25.3 Å². The van der Waals surface area contributed by atoms with Gasteiger partial charge in [-0.3, -0.25) is 4.79 Å². The smallest absolute Gasteiger partial charge is 0.226 e. The molecule has 3 atom stereocenters. The number of hydrogen-bond acceptors (Lipinski definition) is 2. The number of amides is 1. The zero-order valence-electron chi connectivity index (χ0n) is 11.4. The van der Waals surface area contributed by atoms with Crippen LogP contribution in [0.4, 0.5) is 8.78 Å². The van der Waals surface area contributed by atoms with Crippen LogP contribution in [0.2, 0.25) is 0 Å². The van der Waals surface area contributed by atoms with E-state index >= 15 is 0 Å². The van der Waals surface area contributed by atoms with E-state index in [1.165, 1.54) is 6.07 Å². The number of rotatable bonds is 2. The predicted octanol–water partition coefficient (Wildman–Crippen LogP) is 1.89. The lowest BCUT2D eigenvalue weighted by molar-refractivity contribution is -0.133. The number of hydrogen-bond donors (Lipinski definition) is 1. The molecule has 1 aromatic rings.